The van der Waals surface area contributed by atoms with Gasteiger partial charge in [0, 0.05) is 37.1 Å². The molecule has 1 aliphatic heterocycles. The van der Waals surface area contributed by atoms with Crippen LogP contribution >= 0.6 is 23.2 Å². The van der Waals surface area contributed by atoms with Gasteiger partial charge in [-0.3, -0.25) is 9.69 Å². The van der Waals surface area contributed by atoms with Crippen LogP contribution in [0.5, 0.6) is 11.5 Å². The molecule has 2 aromatic carbocycles. The van der Waals surface area contributed by atoms with Crippen LogP contribution in [0, 0.1) is 0 Å². The van der Waals surface area contributed by atoms with E-state index in [-0.39, 0.29) is 18.3 Å². The van der Waals surface area contributed by atoms with E-state index in [1.807, 2.05) is 12.1 Å². The first-order valence-corrected chi connectivity index (χ1v) is 14.1. The number of piperidine rings is 1. The highest BCUT2D eigenvalue weighted by atomic mass is 35.5. The summed E-state index contributed by atoms with van der Waals surface area (Å²) in [6, 6.07) is 8.90. The summed E-state index contributed by atoms with van der Waals surface area (Å²) in [6.45, 7) is 3.19. The molecule has 0 bridgehead atoms. The predicted octanol–water partition coefficient (Wildman–Crippen LogP) is 5.92. The van der Waals surface area contributed by atoms with E-state index in [2.05, 4.69) is 20.3 Å². The lowest BCUT2D eigenvalue weighted by molar-refractivity contribution is -0.214. The molecular formula is C28H29Cl2F6N3O6. The molecule has 2 N–H and O–H groups in total. The highest BCUT2D eigenvalue weighted by molar-refractivity contribution is 6.32. The van der Waals surface area contributed by atoms with Crippen LogP contribution in [0.3, 0.4) is 0 Å². The first-order chi connectivity index (χ1) is 20.8. The number of carbonyl (C=O) groups is 3. The van der Waals surface area contributed by atoms with Crippen molar-refractivity contribution in [2.24, 2.45) is 0 Å². The first-order valence-electron chi connectivity index (χ1n) is 13.4. The zero-order valence-corrected chi connectivity index (χ0v) is 25.4. The molecule has 1 aliphatic rings. The van der Waals surface area contributed by atoms with Crippen LogP contribution in [0.2, 0.25) is 10.0 Å². The zero-order valence-electron chi connectivity index (χ0n) is 23.9. The molecule has 0 saturated carbocycles. The molecule has 1 atom stereocenters. The number of alkyl halides is 6. The summed E-state index contributed by atoms with van der Waals surface area (Å²) >= 11 is 11.9. The van der Waals surface area contributed by atoms with Crippen LogP contribution in [-0.2, 0) is 25.7 Å². The zero-order chi connectivity index (χ0) is 33.6. The summed E-state index contributed by atoms with van der Waals surface area (Å²) in [5.74, 6) is -6.99. The van der Waals surface area contributed by atoms with Gasteiger partial charge in [-0.1, -0.05) is 35.3 Å². The van der Waals surface area contributed by atoms with E-state index in [1.54, 1.807) is 12.1 Å². The van der Waals surface area contributed by atoms with E-state index in [0.29, 0.717) is 37.5 Å². The van der Waals surface area contributed by atoms with E-state index < -0.39 is 58.9 Å². The maximum atomic E-state index is 13.2. The minimum Gasteiger partial charge on any atom is -0.487 e. The molecule has 1 amide bonds. The number of benzene rings is 2. The molecule has 0 unspecified atom stereocenters. The Morgan fingerprint density at radius 2 is 1.53 bits per heavy atom. The molecule has 1 fully saturated rings. The Morgan fingerprint density at radius 1 is 0.933 bits per heavy atom. The SMILES string of the molecule is CC(=O)Nc1cc(Cl)c(OC(=O)C(F)(F)F)cc1OC[C@](C)(CNC1CCN(Cc2ccc(Cl)cc2)CC1)OC(=O)C(F)(F)F. The number of halogens is 8. The largest absolute Gasteiger partial charge is 0.491 e. The van der Waals surface area contributed by atoms with Gasteiger partial charge < -0.3 is 24.8 Å². The fourth-order valence-electron chi connectivity index (χ4n) is 4.31. The van der Waals surface area contributed by atoms with E-state index in [1.165, 1.54) is 0 Å². The van der Waals surface area contributed by atoms with Gasteiger partial charge in [0.1, 0.15) is 12.4 Å². The number of esters is 2. The van der Waals surface area contributed by atoms with Crippen LogP contribution in [0.25, 0.3) is 0 Å². The number of hydrogen-bond donors (Lipinski definition) is 2. The third kappa shape index (κ3) is 11.2. The Kier molecular flexibility index (Phi) is 12.0. The second-order valence-corrected chi connectivity index (χ2v) is 11.4. The molecule has 45 heavy (non-hydrogen) atoms. The molecule has 17 heteroatoms. The summed E-state index contributed by atoms with van der Waals surface area (Å²) < 4.78 is 92.4. The minimum atomic E-state index is -5.37. The van der Waals surface area contributed by atoms with Crippen molar-refractivity contribution in [1.29, 1.82) is 0 Å². The molecule has 2 aromatic rings. The lowest BCUT2D eigenvalue weighted by Crippen LogP contribution is -2.52. The number of rotatable bonds is 11. The summed E-state index contributed by atoms with van der Waals surface area (Å²) in [5, 5.41) is 5.52. The maximum Gasteiger partial charge on any atom is 0.491 e. The molecule has 1 saturated heterocycles. The lowest BCUT2D eigenvalue weighted by Gasteiger charge is -2.36. The monoisotopic (exact) mass is 687 g/mol. The molecule has 0 spiro atoms. The number of carbonyl (C=O) groups excluding carboxylic acids is 3. The normalized spacial score (nSPS) is 16.0. The summed E-state index contributed by atoms with van der Waals surface area (Å²) in [7, 11) is 0. The second kappa shape index (κ2) is 14.9. The third-order valence-corrected chi connectivity index (χ3v) is 7.10. The van der Waals surface area contributed by atoms with Gasteiger partial charge in [0.05, 0.1) is 10.7 Å². The van der Waals surface area contributed by atoms with Gasteiger partial charge in [0.25, 0.3) is 0 Å². The first kappa shape index (κ1) is 36.2. The number of nitrogens with one attached hydrogen (secondary N) is 2. The Balaban J connectivity index is 1.74. The van der Waals surface area contributed by atoms with Gasteiger partial charge in [0.2, 0.25) is 5.91 Å². The maximum absolute atomic E-state index is 13.2. The standard InChI is InChI=1S/C28H29Cl2F6N3O6/c1-16(40)38-21-11-20(30)22(44-24(41)27(31,32)33)12-23(21)43-15-26(2,45-25(42)28(34,35)36)14-37-19-7-9-39(10-8-19)13-17-3-5-18(29)6-4-17/h3-6,11-12,19,37H,7-10,13-15H2,1-2H3,(H,38,40)/t26-/m0/s1. The summed E-state index contributed by atoms with van der Waals surface area (Å²) in [4.78, 5) is 37.1. The summed E-state index contributed by atoms with van der Waals surface area (Å²) in [5.41, 5.74) is -1.11. The second-order valence-electron chi connectivity index (χ2n) is 10.5. The average molecular weight is 688 g/mol. The number of hydrogen-bond acceptors (Lipinski definition) is 8. The molecule has 1 heterocycles. The molecule has 248 valence electrons. The molecule has 0 radical (unpaired) electrons. The molecule has 9 nitrogen and oxygen atoms in total. The number of anilines is 1. The van der Waals surface area contributed by atoms with Gasteiger partial charge >= 0.3 is 24.3 Å². The Morgan fingerprint density at radius 3 is 2.09 bits per heavy atom. The van der Waals surface area contributed by atoms with E-state index in [9.17, 15) is 40.7 Å². The molecule has 3 rings (SSSR count). The van der Waals surface area contributed by atoms with Gasteiger partial charge in [-0.15, -0.1) is 0 Å². The fraction of sp³-hybridized carbons (Fsp3) is 0.464. The van der Waals surface area contributed by atoms with Crippen molar-refractivity contribution in [3.8, 4) is 11.5 Å². The minimum absolute atomic E-state index is 0.158. The van der Waals surface area contributed by atoms with Crippen molar-refractivity contribution in [3.05, 3.63) is 52.0 Å². The van der Waals surface area contributed by atoms with Crippen LogP contribution in [0.15, 0.2) is 36.4 Å². The van der Waals surface area contributed by atoms with E-state index >= 15 is 0 Å². The average Bonchev–Trinajstić information content (AvgIpc) is 2.93. The van der Waals surface area contributed by atoms with Crippen LogP contribution in [-0.4, -0.2) is 73.0 Å². The highest BCUT2D eigenvalue weighted by Crippen LogP contribution is 2.38. The highest BCUT2D eigenvalue weighted by Gasteiger charge is 2.46. The molecule has 0 aromatic heterocycles. The van der Waals surface area contributed by atoms with E-state index in [0.717, 1.165) is 31.5 Å². The number of amides is 1. The number of nitrogens with zero attached hydrogens (tertiary/aromatic N) is 1. The van der Waals surface area contributed by atoms with Crippen LogP contribution in [0.1, 0.15) is 32.3 Å². The Bertz CT molecular complexity index is 1370. The van der Waals surface area contributed by atoms with E-state index in [4.69, 9.17) is 32.7 Å². The predicted molar refractivity (Wildman–Crippen MR) is 151 cm³/mol. The molecule has 0 aliphatic carbocycles. The smallest absolute Gasteiger partial charge is 0.487 e. The Hall–Kier alpha value is -3.27. The number of ether oxygens (including phenoxy) is 3. The summed E-state index contributed by atoms with van der Waals surface area (Å²) in [6.07, 6.45) is -9.47. The molecular weight excluding hydrogens is 659 g/mol. The van der Waals surface area contributed by atoms with Crippen LogP contribution < -0.4 is 20.1 Å². The topological polar surface area (TPSA) is 106 Å². The lowest BCUT2D eigenvalue weighted by atomic mass is 10.0. The van der Waals surface area contributed by atoms with Gasteiger partial charge in [-0.05, 0) is 56.6 Å². The number of likely N-dealkylation sites (tertiary alicyclic amines) is 1. The van der Waals surface area contributed by atoms with Gasteiger partial charge in [-0.25, -0.2) is 9.59 Å². The van der Waals surface area contributed by atoms with Crippen molar-refractivity contribution in [1.82, 2.24) is 10.2 Å². The van der Waals surface area contributed by atoms with Crippen molar-refractivity contribution in [3.63, 3.8) is 0 Å². The quantitative estimate of drug-likeness (QED) is 0.171. The Labute approximate surface area is 264 Å². The fourth-order valence-corrected chi connectivity index (χ4v) is 4.64. The van der Waals surface area contributed by atoms with Gasteiger partial charge in [-0.2, -0.15) is 26.3 Å². The van der Waals surface area contributed by atoms with Crippen molar-refractivity contribution in [2.45, 2.75) is 57.2 Å². The van der Waals surface area contributed by atoms with Crippen molar-refractivity contribution < 1.29 is 54.9 Å². The van der Waals surface area contributed by atoms with Gasteiger partial charge in [0.15, 0.2) is 11.4 Å². The van der Waals surface area contributed by atoms with Crippen molar-refractivity contribution in [2.75, 3.05) is 31.6 Å². The third-order valence-electron chi connectivity index (χ3n) is 6.55. The van der Waals surface area contributed by atoms with Crippen molar-refractivity contribution >= 4 is 46.7 Å². The van der Waals surface area contributed by atoms with Crippen LogP contribution in [0.4, 0.5) is 32.0 Å².